The summed E-state index contributed by atoms with van der Waals surface area (Å²) in [7, 11) is 0. The number of hydrogen-bond acceptors (Lipinski definition) is 0. The van der Waals surface area contributed by atoms with Crippen molar-refractivity contribution in [2.75, 3.05) is 0 Å². The number of hydrogen-bond donors (Lipinski definition) is 0. The van der Waals surface area contributed by atoms with Crippen molar-refractivity contribution in [1.29, 1.82) is 0 Å². The summed E-state index contributed by atoms with van der Waals surface area (Å²) < 4.78 is 0. The van der Waals surface area contributed by atoms with Gasteiger partial charge in [-0.15, -0.1) is 0 Å². The molecule has 146 valence electrons. The van der Waals surface area contributed by atoms with E-state index < -0.39 is 0 Å². The van der Waals surface area contributed by atoms with Crippen molar-refractivity contribution in [2.24, 2.45) is 40.9 Å². The van der Waals surface area contributed by atoms with Crippen molar-refractivity contribution in [3.8, 4) is 0 Å². The minimum Gasteiger partial charge on any atom is -0.0807 e. The van der Waals surface area contributed by atoms with Gasteiger partial charge in [-0.3, -0.25) is 0 Å². The summed E-state index contributed by atoms with van der Waals surface area (Å²) in [5, 5.41) is 0. The highest BCUT2D eigenvalue weighted by Crippen LogP contribution is 2.64. The van der Waals surface area contributed by atoms with Crippen LogP contribution in [0, 0.1) is 40.9 Å². The lowest BCUT2D eigenvalue weighted by Gasteiger charge is -2.52. The third kappa shape index (κ3) is 3.24. The van der Waals surface area contributed by atoms with Crippen molar-refractivity contribution >= 4 is 0 Å². The van der Waals surface area contributed by atoms with E-state index in [9.17, 15) is 0 Å². The van der Waals surface area contributed by atoms with Gasteiger partial charge in [0.2, 0.25) is 0 Å². The van der Waals surface area contributed by atoms with Crippen LogP contribution in [0.2, 0.25) is 0 Å². The third-order valence-electron chi connectivity index (χ3n) is 9.06. The Morgan fingerprint density at radius 3 is 2.73 bits per heavy atom. The highest BCUT2D eigenvalue weighted by atomic mass is 14.6. The Morgan fingerprint density at radius 1 is 1.08 bits per heavy atom. The Bertz CT molecular complexity index is 565. The Labute approximate surface area is 162 Å². The standard InChI is InChI=1S/C26H42/c1-18(2)8-7-9-19(3)24-14-15-25-23-13-12-20-10-5-6-11-21(20)22(23)16-17-26(24,25)4/h11-12,18-19,22-25H,5-10,13-17H2,1-4H3/t19-,22-,23-,24-,25+,26-/m1/s1. The van der Waals surface area contributed by atoms with E-state index in [1.165, 1.54) is 70.6 Å². The van der Waals surface area contributed by atoms with Crippen LogP contribution in [-0.2, 0) is 0 Å². The van der Waals surface area contributed by atoms with E-state index in [0.29, 0.717) is 5.41 Å². The highest BCUT2D eigenvalue weighted by molar-refractivity contribution is 5.39. The van der Waals surface area contributed by atoms with Crippen LogP contribution >= 0.6 is 0 Å². The predicted molar refractivity (Wildman–Crippen MR) is 113 cm³/mol. The average Bonchev–Trinajstić information content (AvgIpc) is 2.98. The molecular weight excluding hydrogens is 312 g/mol. The van der Waals surface area contributed by atoms with Crippen molar-refractivity contribution in [1.82, 2.24) is 0 Å². The topological polar surface area (TPSA) is 0 Å². The van der Waals surface area contributed by atoms with E-state index in [1.54, 1.807) is 5.57 Å². The highest BCUT2D eigenvalue weighted by Gasteiger charge is 2.55. The quantitative estimate of drug-likeness (QED) is 0.470. The second kappa shape index (κ2) is 7.48. The van der Waals surface area contributed by atoms with Gasteiger partial charge in [-0.1, -0.05) is 59.1 Å². The molecule has 2 saturated carbocycles. The van der Waals surface area contributed by atoms with Crippen LogP contribution in [0.1, 0.15) is 98.3 Å². The van der Waals surface area contributed by atoms with Gasteiger partial charge in [-0.05, 0) is 103 Å². The van der Waals surface area contributed by atoms with Crippen LogP contribution in [0.5, 0.6) is 0 Å². The fourth-order valence-corrected chi connectivity index (χ4v) is 7.74. The van der Waals surface area contributed by atoms with Gasteiger partial charge in [0.1, 0.15) is 0 Å². The second-order valence-corrected chi connectivity index (χ2v) is 10.9. The molecular formula is C26H42. The van der Waals surface area contributed by atoms with E-state index >= 15 is 0 Å². The second-order valence-electron chi connectivity index (χ2n) is 10.9. The first-order valence-corrected chi connectivity index (χ1v) is 11.9. The summed E-state index contributed by atoms with van der Waals surface area (Å²) in [5.41, 5.74) is 4.19. The van der Waals surface area contributed by atoms with Crippen LogP contribution < -0.4 is 0 Å². The third-order valence-corrected chi connectivity index (χ3v) is 9.06. The molecule has 4 rings (SSSR count). The number of rotatable bonds is 5. The summed E-state index contributed by atoms with van der Waals surface area (Å²) in [6.07, 6.45) is 21.1. The molecule has 0 aromatic heterocycles. The van der Waals surface area contributed by atoms with Crippen LogP contribution in [0.25, 0.3) is 0 Å². The van der Waals surface area contributed by atoms with Gasteiger partial charge in [-0.2, -0.15) is 0 Å². The van der Waals surface area contributed by atoms with E-state index in [-0.39, 0.29) is 0 Å². The molecule has 26 heavy (non-hydrogen) atoms. The van der Waals surface area contributed by atoms with Crippen molar-refractivity contribution < 1.29 is 0 Å². The van der Waals surface area contributed by atoms with E-state index in [4.69, 9.17) is 0 Å². The minimum absolute atomic E-state index is 0.638. The molecule has 0 heterocycles. The maximum absolute atomic E-state index is 2.71. The molecule has 0 N–H and O–H groups in total. The normalized spacial score (nSPS) is 40.3. The first kappa shape index (κ1) is 18.8. The molecule has 0 unspecified atom stereocenters. The zero-order valence-electron chi connectivity index (χ0n) is 17.9. The van der Waals surface area contributed by atoms with Gasteiger partial charge < -0.3 is 0 Å². The van der Waals surface area contributed by atoms with Crippen LogP contribution in [0.15, 0.2) is 23.3 Å². The molecule has 4 aliphatic carbocycles. The molecule has 4 aliphatic rings. The lowest BCUT2D eigenvalue weighted by atomic mass is 9.52. The van der Waals surface area contributed by atoms with Crippen molar-refractivity contribution in [3.63, 3.8) is 0 Å². The van der Waals surface area contributed by atoms with Crippen LogP contribution in [0.4, 0.5) is 0 Å². The molecule has 0 saturated heterocycles. The molecule has 0 radical (unpaired) electrons. The van der Waals surface area contributed by atoms with Gasteiger partial charge in [0.05, 0.1) is 0 Å². The molecule has 6 atom stereocenters. The van der Waals surface area contributed by atoms with E-state index in [1.807, 2.05) is 5.57 Å². The van der Waals surface area contributed by atoms with Crippen LogP contribution in [0.3, 0.4) is 0 Å². The van der Waals surface area contributed by atoms with E-state index in [2.05, 4.69) is 39.8 Å². The largest absolute Gasteiger partial charge is 0.0807 e. The van der Waals surface area contributed by atoms with Gasteiger partial charge >= 0.3 is 0 Å². The SMILES string of the molecule is CC(C)CCC[C@@H](C)[C@H]1CC[C@H]2[C@@H]3CC=C4CCCC=C4[C@H]3CC[C@]12C. The Hall–Kier alpha value is -0.520. The maximum Gasteiger partial charge on any atom is -0.0128 e. The summed E-state index contributed by atoms with van der Waals surface area (Å²) in [5.74, 6) is 5.68. The monoisotopic (exact) mass is 354 g/mol. The molecule has 2 fully saturated rings. The fraction of sp³-hybridized carbons (Fsp3) is 0.846. The molecule has 0 amide bonds. The number of allylic oxidation sites excluding steroid dienone is 4. The molecule has 0 spiro atoms. The summed E-state index contributed by atoms with van der Waals surface area (Å²) in [6, 6.07) is 0. The maximum atomic E-state index is 2.71. The van der Waals surface area contributed by atoms with Crippen LogP contribution in [-0.4, -0.2) is 0 Å². The molecule has 0 nitrogen and oxygen atoms in total. The molecule has 0 aromatic carbocycles. The summed E-state index contributed by atoms with van der Waals surface area (Å²) in [6.45, 7) is 10.1. The zero-order chi connectivity index (χ0) is 18.3. The van der Waals surface area contributed by atoms with Crippen molar-refractivity contribution in [2.45, 2.75) is 98.3 Å². The zero-order valence-corrected chi connectivity index (χ0v) is 17.9. The van der Waals surface area contributed by atoms with Gasteiger partial charge in [0.25, 0.3) is 0 Å². The fourth-order valence-electron chi connectivity index (χ4n) is 7.74. The Morgan fingerprint density at radius 2 is 1.92 bits per heavy atom. The van der Waals surface area contributed by atoms with Gasteiger partial charge in [0.15, 0.2) is 0 Å². The molecule has 0 aromatic rings. The lowest BCUT2D eigenvalue weighted by Crippen LogP contribution is -2.44. The average molecular weight is 355 g/mol. The minimum atomic E-state index is 0.638. The van der Waals surface area contributed by atoms with Crippen molar-refractivity contribution in [3.05, 3.63) is 23.3 Å². The van der Waals surface area contributed by atoms with Gasteiger partial charge in [-0.25, -0.2) is 0 Å². The summed E-state index contributed by atoms with van der Waals surface area (Å²) in [4.78, 5) is 0. The van der Waals surface area contributed by atoms with Gasteiger partial charge in [0, 0.05) is 0 Å². The summed E-state index contributed by atoms with van der Waals surface area (Å²) >= 11 is 0. The molecule has 0 heteroatoms. The lowest BCUT2D eigenvalue weighted by molar-refractivity contribution is 0.00459. The van der Waals surface area contributed by atoms with E-state index in [0.717, 1.165) is 35.5 Å². The molecule has 0 aliphatic heterocycles. The first-order chi connectivity index (χ1) is 12.5. The predicted octanol–water partition coefficient (Wildman–Crippen LogP) is 7.95. The Kier molecular flexibility index (Phi) is 5.42. The number of fused-ring (bicyclic) bond motifs is 5. The first-order valence-electron chi connectivity index (χ1n) is 11.9. The smallest absolute Gasteiger partial charge is 0.0128 e. The molecule has 0 bridgehead atoms. The Balaban J connectivity index is 1.47.